The summed E-state index contributed by atoms with van der Waals surface area (Å²) in [6, 6.07) is 10.6. The van der Waals surface area contributed by atoms with Crippen molar-refractivity contribution in [3.05, 3.63) is 53.2 Å². The van der Waals surface area contributed by atoms with Crippen molar-refractivity contribution in [3.8, 4) is 5.88 Å². The second kappa shape index (κ2) is 8.28. The van der Waals surface area contributed by atoms with E-state index in [0.717, 1.165) is 49.1 Å². The molecule has 128 valence electrons. The Balaban J connectivity index is 1.41. The fraction of sp³-hybridized carbons (Fsp3) is 0.389. The molecule has 0 aliphatic rings. The number of nitrogens with zero attached hydrogens (tertiary/aromatic N) is 3. The van der Waals surface area contributed by atoms with E-state index in [1.807, 2.05) is 11.6 Å². The van der Waals surface area contributed by atoms with Gasteiger partial charge in [-0.15, -0.1) is 11.3 Å². The van der Waals surface area contributed by atoms with Crippen molar-refractivity contribution in [2.24, 2.45) is 0 Å². The van der Waals surface area contributed by atoms with Crippen molar-refractivity contribution in [3.63, 3.8) is 0 Å². The van der Waals surface area contributed by atoms with Crippen LogP contribution in [-0.2, 0) is 13.1 Å². The molecule has 3 aromatic rings. The summed E-state index contributed by atoms with van der Waals surface area (Å²) in [5.74, 6) is 0.718. The molecule has 0 fully saturated rings. The summed E-state index contributed by atoms with van der Waals surface area (Å²) in [5.41, 5.74) is 2.45. The van der Waals surface area contributed by atoms with Gasteiger partial charge in [0.25, 0.3) is 0 Å². The summed E-state index contributed by atoms with van der Waals surface area (Å²) < 4.78 is 7.47. The summed E-state index contributed by atoms with van der Waals surface area (Å²) in [4.78, 5) is 7.81. The lowest BCUT2D eigenvalue weighted by Gasteiger charge is -2.16. The number of methoxy groups -OCH3 is 1. The molecule has 0 unspecified atom stereocenters. The molecule has 0 aliphatic carbocycles. The lowest BCUT2D eigenvalue weighted by atomic mass is 10.2. The minimum Gasteiger partial charge on any atom is -0.480 e. The number of nitrogens with one attached hydrogen (secondary N) is 1. The van der Waals surface area contributed by atoms with Crippen LogP contribution in [0, 0.1) is 0 Å². The Morgan fingerprint density at radius 1 is 1.29 bits per heavy atom. The summed E-state index contributed by atoms with van der Waals surface area (Å²) >= 11 is 1.62. The Kier molecular flexibility index (Phi) is 5.85. The Morgan fingerprint density at radius 3 is 2.92 bits per heavy atom. The van der Waals surface area contributed by atoms with Crippen LogP contribution in [0.1, 0.15) is 17.7 Å². The van der Waals surface area contributed by atoms with E-state index in [-0.39, 0.29) is 0 Å². The van der Waals surface area contributed by atoms with E-state index < -0.39 is 0 Å². The maximum atomic E-state index is 5.38. The van der Waals surface area contributed by atoms with Crippen LogP contribution in [0.15, 0.2) is 41.9 Å². The number of hydrogen-bond acceptors (Lipinski definition) is 5. The predicted octanol–water partition coefficient (Wildman–Crippen LogP) is 3.02. The number of ether oxygens (including phenoxy) is 1. The van der Waals surface area contributed by atoms with Gasteiger partial charge in [-0.05, 0) is 32.1 Å². The Labute approximate surface area is 146 Å². The standard InChI is InChI=1S/C18H24N4OS/c1-21(14-15-7-4-3-5-8-15)10-6-9-19-13-16-17(23-2)20-18-22(16)11-12-24-18/h3-5,7-8,11-12,19H,6,9-10,13-14H2,1-2H3. The van der Waals surface area contributed by atoms with Crippen LogP contribution in [-0.4, -0.2) is 41.5 Å². The first-order valence-corrected chi connectivity index (χ1v) is 9.07. The van der Waals surface area contributed by atoms with E-state index in [1.165, 1.54) is 5.56 Å². The molecular weight excluding hydrogens is 320 g/mol. The van der Waals surface area contributed by atoms with Gasteiger partial charge in [-0.3, -0.25) is 4.40 Å². The highest BCUT2D eigenvalue weighted by molar-refractivity contribution is 7.15. The number of aromatic nitrogens is 2. The molecule has 24 heavy (non-hydrogen) atoms. The third-order valence-electron chi connectivity index (χ3n) is 4.00. The smallest absolute Gasteiger partial charge is 0.237 e. The van der Waals surface area contributed by atoms with Gasteiger partial charge < -0.3 is 15.0 Å². The number of thiazole rings is 1. The number of benzene rings is 1. The first-order valence-electron chi connectivity index (χ1n) is 8.19. The van der Waals surface area contributed by atoms with Gasteiger partial charge in [0.1, 0.15) is 5.69 Å². The minimum absolute atomic E-state index is 0.718. The molecule has 3 rings (SSSR count). The number of hydrogen-bond donors (Lipinski definition) is 1. The van der Waals surface area contributed by atoms with E-state index in [4.69, 9.17) is 4.74 Å². The van der Waals surface area contributed by atoms with E-state index in [9.17, 15) is 0 Å². The Morgan fingerprint density at radius 2 is 2.12 bits per heavy atom. The van der Waals surface area contributed by atoms with Crippen molar-refractivity contribution in [2.75, 3.05) is 27.2 Å². The number of imidazole rings is 1. The van der Waals surface area contributed by atoms with Crippen LogP contribution >= 0.6 is 11.3 Å². The van der Waals surface area contributed by atoms with E-state index in [0.29, 0.717) is 0 Å². The fourth-order valence-electron chi connectivity index (χ4n) is 2.79. The molecule has 0 bridgehead atoms. The molecule has 0 spiro atoms. The predicted molar refractivity (Wildman–Crippen MR) is 98.7 cm³/mol. The second-order valence-electron chi connectivity index (χ2n) is 5.88. The number of rotatable bonds is 9. The Bertz CT molecular complexity index is 753. The molecule has 0 saturated carbocycles. The average Bonchev–Trinajstić information content (AvgIpc) is 3.17. The monoisotopic (exact) mass is 344 g/mol. The summed E-state index contributed by atoms with van der Waals surface area (Å²) in [5, 5.41) is 5.55. The molecular formula is C18H24N4OS. The maximum absolute atomic E-state index is 5.38. The van der Waals surface area contributed by atoms with Gasteiger partial charge in [0.2, 0.25) is 5.88 Å². The molecule has 5 nitrogen and oxygen atoms in total. The second-order valence-corrected chi connectivity index (χ2v) is 6.75. The minimum atomic E-state index is 0.718. The molecule has 2 heterocycles. The van der Waals surface area contributed by atoms with Crippen LogP contribution in [0.2, 0.25) is 0 Å². The first kappa shape index (κ1) is 17.0. The van der Waals surface area contributed by atoms with Gasteiger partial charge >= 0.3 is 0 Å². The zero-order valence-electron chi connectivity index (χ0n) is 14.2. The van der Waals surface area contributed by atoms with Crippen molar-refractivity contribution >= 4 is 16.3 Å². The topological polar surface area (TPSA) is 41.8 Å². The van der Waals surface area contributed by atoms with Crippen molar-refractivity contribution in [2.45, 2.75) is 19.5 Å². The van der Waals surface area contributed by atoms with Crippen LogP contribution < -0.4 is 10.1 Å². The highest BCUT2D eigenvalue weighted by atomic mass is 32.1. The molecule has 2 aromatic heterocycles. The fourth-order valence-corrected chi connectivity index (χ4v) is 3.52. The largest absolute Gasteiger partial charge is 0.480 e. The van der Waals surface area contributed by atoms with Crippen LogP contribution in [0.5, 0.6) is 5.88 Å². The quantitative estimate of drug-likeness (QED) is 0.606. The highest BCUT2D eigenvalue weighted by Gasteiger charge is 2.12. The van der Waals surface area contributed by atoms with E-state index >= 15 is 0 Å². The van der Waals surface area contributed by atoms with Crippen LogP contribution in [0.4, 0.5) is 0 Å². The normalized spacial score (nSPS) is 11.5. The molecule has 0 saturated heterocycles. The van der Waals surface area contributed by atoms with Crippen LogP contribution in [0.3, 0.4) is 0 Å². The summed E-state index contributed by atoms with van der Waals surface area (Å²) in [6.07, 6.45) is 3.15. The van der Waals surface area contributed by atoms with Crippen LogP contribution in [0.25, 0.3) is 4.96 Å². The van der Waals surface area contributed by atoms with Gasteiger partial charge in [-0.2, -0.15) is 4.98 Å². The van der Waals surface area contributed by atoms with Gasteiger partial charge in [0.05, 0.1) is 7.11 Å². The number of fused-ring (bicyclic) bond motifs is 1. The van der Waals surface area contributed by atoms with E-state index in [2.05, 4.69) is 57.0 Å². The zero-order valence-corrected chi connectivity index (χ0v) is 15.1. The van der Waals surface area contributed by atoms with Gasteiger partial charge in [0.15, 0.2) is 4.96 Å². The highest BCUT2D eigenvalue weighted by Crippen LogP contribution is 2.22. The lowest BCUT2D eigenvalue weighted by Crippen LogP contribution is -2.24. The average molecular weight is 344 g/mol. The Hall–Kier alpha value is -1.89. The zero-order chi connectivity index (χ0) is 16.8. The molecule has 0 radical (unpaired) electrons. The lowest BCUT2D eigenvalue weighted by molar-refractivity contribution is 0.319. The van der Waals surface area contributed by atoms with Crippen molar-refractivity contribution in [1.82, 2.24) is 19.6 Å². The first-order chi connectivity index (χ1) is 11.8. The summed E-state index contributed by atoms with van der Waals surface area (Å²) in [7, 11) is 3.84. The third-order valence-corrected chi connectivity index (χ3v) is 4.76. The maximum Gasteiger partial charge on any atom is 0.237 e. The van der Waals surface area contributed by atoms with Crippen molar-refractivity contribution < 1.29 is 4.74 Å². The van der Waals surface area contributed by atoms with E-state index in [1.54, 1.807) is 18.4 Å². The molecule has 1 aromatic carbocycles. The molecule has 1 N–H and O–H groups in total. The third kappa shape index (κ3) is 4.14. The molecule has 6 heteroatoms. The SMILES string of the molecule is COc1nc2sccn2c1CNCCCN(C)Cc1ccccc1. The van der Waals surface area contributed by atoms with Gasteiger partial charge in [-0.1, -0.05) is 30.3 Å². The van der Waals surface area contributed by atoms with Gasteiger partial charge in [-0.25, -0.2) is 0 Å². The van der Waals surface area contributed by atoms with Crippen molar-refractivity contribution in [1.29, 1.82) is 0 Å². The molecule has 0 aliphatic heterocycles. The molecule has 0 amide bonds. The molecule has 0 atom stereocenters. The summed E-state index contributed by atoms with van der Waals surface area (Å²) in [6.45, 7) is 3.80. The van der Waals surface area contributed by atoms with Gasteiger partial charge in [0, 0.05) is 24.7 Å².